The predicted molar refractivity (Wildman–Crippen MR) is 117 cm³/mol. The Labute approximate surface area is 173 Å². The Morgan fingerprint density at radius 3 is 2.38 bits per heavy atom. The van der Waals surface area contributed by atoms with E-state index in [4.69, 9.17) is 4.74 Å². The number of nitrogens with zero attached hydrogens (tertiary/aromatic N) is 3. The summed E-state index contributed by atoms with van der Waals surface area (Å²) in [6.45, 7) is 8.87. The number of ether oxygens (including phenoxy) is 1. The van der Waals surface area contributed by atoms with Gasteiger partial charge < -0.3 is 15.4 Å². The van der Waals surface area contributed by atoms with Crippen LogP contribution in [0.1, 0.15) is 35.0 Å². The number of aromatic nitrogens is 2. The molecule has 0 atom stereocenters. The second kappa shape index (κ2) is 11.2. The van der Waals surface area contributed by atoms with E-state index < -0.39 is 0 Å². The van der Waals surface area contributed by atoms with Gasteiger partial charge in [-0.1, -0.05) is 24.3 Å². The summed E-state index contributed by atoms with van der Waals surface area (Å²) in [5, 5.41) is 11.2. The average molecular weight is 471 g/mol. The number of aryl methyl sites for hydroxylation is 2. The lowest BCUT2D eigenvalue weighted by Crippen LogP contribution is -2.36. The Morgan fingerprint density at radius 1 is 1.15 bits per heavy atom. The summed E-state index contributed by atoms with van der Waals surface area (Å²) in [6.07, 6.45) is 0. The van der Waals surface area contributed by atoms with Crippen LogP contribution in [0.2, 0.25) is 0 Å². The Morgan fingerprint density at radius 2 is 1.81 bits per heavy atom. The summed E-state index contributed by atoms with van der Waals surface area (Å²) in [4.78, 5) is 4.31. The zero-order valence-electron chi connectivity index (χ0n) is 16.3. The van der Waals surface area contributed by atoms with Crippen LogP contribution in [0.25, 0.3) is 0 Å². The molecule has 0 radical (unpaired) electrons. The van der Waals surface area contributed by atoms with Crippen molar-refractivity contribution in [2.45, 2.75) is 40.5 Å². The van der Waals surface area contributed by atoms with Gasteiger partial charge in [0.2, 0.25) is 0 Å². The lowest BCUT2D eigenvalue weighted by atomic mass is 10.1. The van der Waals surface area contributed by atoms with Gasteiger partial charge in [0.25, 0.3) is 0 Å². The molecule has 6 nitrogen and oxygen atoms in total. The first-order valence-corrected chi connectivity index (χ1v) is 8.64. The molecule has 0 saturated heterocycles. The highest BCUT2D eigenvalue weighted by molar-refractivity contribution is 14.0. The second-order valence-corrected chi connectivity index (χ2v) is 5.96. The van der Waals surface area contributed by atoms with Crippen LogP contribution in [0.3, 0.4) is 0 Å². The molecule has 7 heteroatoms. The number of hydrogen-bond donors (Lipinski definition) is 2. The maximum atomic E-state index is 5.54. The molecular weight excluding hydrogens is 441 g/mol. The van der Waals surface area contributed by atoms with Crippen molar-refractivity contribution < 1.29 is 4.74 Å². The number of halogens is 1. The summed E-state index contributed by atoms with van der Waals surface area (Å²) < 4.78 is 7.45. The van der Waals surface area contributed by atoms with E-state index in [1.807, 2.05) is 37.7 Å². The van der Waals surface area contributed by atoms with Crippen molar-refractivity contribution in [1.29, 1.82) is 0 Å². The molecule has 1 aromatic carbocycles. The summed E-state index contributed by atoms with van der Waals surface area (Å²) in [5.74, 6) is 0.772. The molecule has 2 aromatic rings. The number of nitrogens with one attached hydrogen (secondary N) is 2. The summed E-state index contributed by atoms with van der Waals surface area (Å²) in [5.41, 5.74) is 5.84. The predicted octanol–water partition coefficient (Wildman–Crippen LogP) is 3.06. The van der Waals surface area contributed by atoms with Gasteiger partial charge in [0.1, 0.15) is 0 Å². The van der Waals surface area contributed by atoms with E-state index in [1.165, 1.54) is 22.4 Å². The molecule has 0 bridgehead atoms. The number of benzene rings is 1. The van der Waals surface area contributed by atoms with Crippen molar-refractivity contribution in [3.05, 3.63) is 52.3 Å². The standard InChI is InChI=1S/C19H29N5O.HI/c1-6-25-13-17-10-8-7-9-16(17)11-21-19(20-4)22-12-18-14(2)23-24(5)15(18)3;/h7-10H,6,11-13H2,1-5H3,(H2,20,21,22);1H. The maximum Gasteiger partial charge on any atom is 0.191 e. The van der Waals surface area contributed by atoms with Gasteiger partial charge >= 0.3 is 0 Å². The Bertz CT molecular complexity index is 727. The summed E-state index contributed by atoms with van der Waals surface area (Å²) in [6, 6.07) is 8.30. The largest absolute Gasteiger partial charge is 0.377 e. The molecule has 1 aromatic heterocycles. The van der Waals surface area contributed by atoms with Gasteiger partial charge in [-0.15, -0.1) is 24.0 Å². The van der Waals surface area contributed by atoms with Gasteiger partial charge in [-0.2, -0.15) is 5.10 Å². The van der Waals surface area contributed by atoms with E-state index in [1.54, 1.807) is 7.05 Å². The number of aliphatic imine (C=N–C) groups is 1. The second-order valence-electron chi connectivity index (χ2n) is 5.96. The molecule has 2 N–H and O–H groups in total. The quantitative estimate of drug-likeness (QED) is 0.370. The lowest BCUT2D eigenvalue weighted by Gasteiger charge is -2.14. The van der Waals surface area contributed by atoms with E-state index in [0.29, 0.717) is 19.7 Å². The molecular formula is C19H30IN5O. The average Bonchev–Trinajstić information content (AvgIpc) is 2.86. The maximum absolute atomic E-state index is 5.54. The summed E-state index contributed by atoms with van der Waals surface area (Å²) in [7, 11) is 3.75. The molecule has 2 rings (SSSR count). The van der Waals surface area contributed by atoms with Crippen LogP contribution in [-0.4, -0.2) is 29.4 Å². The van der Waals surface area contributed by atoms with Crippen LogP contribution in [0.4, 0.5) is 0 Å². The fraction of sp³-hybridized carbons (Fsp3) is 0.474. The van der Waals surface area contributed by atoms with Gasteiger partial charge in [0.15, 0.2) is 5.96 Å². The number of guanidine groups is 1. The molecule has 0 aliphatic carbocycles. The van der Waals surface area contributed by atoms with Crippen molar-refractivity contribution in [2.24, 2.45) is 12.0 Å². The molecule has 0 unspecified atom stereocenters. The molecule has 0 spiro atoms. The monoisotopic (exact) mass is 471 g/mol. The topological polar surface area (TPSA) is 63.5 Å². The fourth-order valence-electron chi connectivity index (χ4n) is 2.73. The van der Waals surface area contributed by atoms with Gasteiger partial charge in [-0.05, 0) is 31.9 Å². The minimum absolute atomic E-state index is 0. The normalized spacial score (nSPS) is 11.2. The minimum Gasteiger partial charge on any atom is -0.377 e. The number of rotatable bonds is 7. The van der Waals surface area contributed by atoms with Crippen LogP contribution in [0.5, 0.6) is 0 Å². The first-order chi connectivity index (χ1) is 12.1. The van der Waals surface area contributed by atoms with E-state index in [2.05, 4.69) is 39.8 Å². The van der Waals surface area contributed by atoms with Gasteiger partial charge in [-0.3, -0.25) is 9.67 Å². The SMILES string of the molecule is CCOCc1ccccc1CNC(=NC)NCc1c(C)nn(C)c1C.I. The highest BCUT2D eigenvalue weighted by Crippen LogP contribution is 2.12. The van der Waals surface area contributed by atoms with Crippen LogP contribution >= 0.6 is 24.0 Å². The smallest absolute Gasteiger partial charge is 0.191 e. The van der Waals surface area contributed by atoms with Gasteiger partial charge in [0.05, 0.1) is 12.3 Å². The lowest BCUT2D eigenvalue weighted by molar-refractivity contribution is 0.133. The third-order valence-corrected chi connectivity index (χ3v) is 4.34. The molecule has 26 heavy (non-hydrogen) atoms. The molecule has 0 amide bonds. The first kappa shape index (κ1) is 22.4. The molecule has 0 saturated carbocycles. The zero-order chi connectivity index (χ0) is 18.2. The van der Waals surface area contributed by atoms with Crippen LogP contribution in [0, 0.1) is 13.8 Å². The zero-order valence-corrected chi connectivity index (χ0v) is 18.6. The van der Waals surface area contributed by atoms with Crippen LogP contribution in [-0.2, 0) is 31.5 Å². The molecule has 144 valence electrons. The van der Waals surface area contributed by atoms with E-state index in [-0.39, 0.29) is 24.0 Å². The minimum atomic E-state index is 0. The molecule has 0 fully saturated rings. The summed E-state index contributed by atoms with van der Waals surface area (Å²) >= 11 is 0. The Balaban J connectivity index is 0.00000338. The van der Waals surface area contributed by atoms with Crippen LogP contribution in [0.15, 0.2) is 29.3 Å². The van der Waals surface area contributed by atoms with Crippen molar-refractivity contribution in [2.75, 3.05) is 13.7 Å². The highest BCUT2D eigenvalue weighted by atomic mass is 127. The van der Waals surface area contributed by atoms with Gasteiger partial charge in [-0.25, -0.2) is 0 Å². The van der Waals surface area contributed by atoms with E-state index in [0.717, 1.165) is 18.3 Å². The first-order valence-electron chi connectivity index (χ1n) is 8.64. The Hall–Kier alpha value is -1.61. The van der Waals surface area contributed by atoms with Gasteiger partial charge in [0, 0.05) is 45.0 Å². The molecule has 0 aliphatic rings. The van der Waals surface area contributed by atoms with E-state index in [9.17, 15) is 0 Å². The number of hydrogen-bond acceptors (Lipinski definition) is 3. The van der Waals surface area contributed by atoms with Crippen molar-refractivity contribution in [3.63, 3.8) is 0 Å². The molecule has 1 heterocycles. The van der Waals surface area contributed by atoms with Crippen LogP contribution < -0.4 is 10.6 Å². The third-order valence-electron chi connectivity index (χ3n) is 4.34. The molecule has 0 aliphatic heterocycles. The highest BCUT2D eigenvalue weighted by Gasteiger charge is 2.10. The Kier molecular flexibility index (Phi) is 9.64. The fourth-order valence-corrected chi connectivity index (χ4v) is 2.73. The van der Waals surface area contributed by atoms with Crippen molar-refractivity contribution >= 4 is 29.9 Å². The van der Waals surface area contributed by atoms with Crippen molar-refractivity contribution in [1.82, 2.24) is 20.4 Å². The van der Waals surface area contributed by atoms with E-state index >= 15 is 0 Å². The third kappa shape index (κ3) is 5.98. The van der Waals surface area contributed by atoms with Crippen molar-refractivity contribution in [3.8, 4) is 0 Å².